The highest BCUT2D eigenvalue weighted by molar-refractivity contribution is 5.65. The van der Waals surface area contributed by atoms with Crippen LogP contribution in [-0.2, 0) is 6.42 Å². The first kappa shape index (κ1) is 15.1. The van der Waals surface area contributed by atoms with Gasteiger partial charge in [-0.15, -0.1) is 0 Å². The van der Waals surface area contributed by atoms with Crippen LogP contribution in [0.1, 0.15) is 5.82 Å². The smallest absolute Gasteiger partial charge is 0.258 e. The van der Waals surface area contributed by atoms with Crippen molar-refractivity contribution >= 4 is 0 Å². The molecule has 0 unspecified atom stereocenters. The zero-order chi connectivity index (χ0) is 15.2. The van der Waals surface area contributed by atoms with E-state index < -0.39 is 0 Å². The van der Waals surface area contributed by atoms with E-state index in [1.807, 2.05) is 7.05 Å². The van der Waals surface area contributed by atoms with E-state index in [-0.39, 0.29) is 0 Å². The standard InChI is InChI=1S/C14H19N3O4/c1-15-6-5-12-16-14(21-17-12)9-7-10(18-2)13(20-4)11(8-9)19-3/h7-8,15H,5-6H2,1-4H3. The molecule has 0 aliphatic heterocycles. The molecule has 1 N–H and O–H groups in total. The lowest BCUT2D eigenvalue weighted by Gasteiger charge is -2.12. The maximum Gasteiger partial charge on any atom is 0.258 e. The van der Waals surface area contributed by atoms with Gasteiger partial charge in [-0.1, -0.05) is 5.16 Å². The first-order valence-electron chi connectivity index (χ1n) is 6.51. The minimum atomic E-state index is 0.417. The van der Waals surface area contributed by atoms with Gasteiger partial charge in [0, 0.05) is 18.5 Å². The number of nitrogens with one attached hydrogen (secondary N) is 1. The number of rotatable bonds is 7. The van der Waals surface area contributed by atoms with Crippen LogP contribution >= 0.6 is 0 Å². The van der Waals surface area contributed by atoms with E-state index in [9.17, 15) is 0 Å². The summed E-state index contributed by atoms with van der Waals surface area (Å²) >= 11 is 0. The van der Waals surface area contributed by atoms with Gasteiger partial charge in [0.25, 0.3) is 5.89 Å². The molecule has 2 rings (SSSR count). The van der Waals surface area contributed by atoms with Gasteiger partial charge in [-0.05, 0) is 19.2 Å². The van der Waals surface area contributed by atoms with E-state index >= 15 is 0 Å². The molecule has 0 atom stereocenters. The molecule has 0 fully saturated rings. The Morgan fingerprint density at radius 3 is 2.29 bits per heavy atom. The number of likely N-dealkylation sites (N-methyl/N-ethyl adjacent to an activating group) is 1. The van der Waals surface area contributed by atoms with Crippen LogP contribution in [0.4, 0.5) is 0 Å². The highest BCUT2D eigenvalue weighted by Gasteiger charge is 2.17. The number of ether oxygens (including phenoxy) is 3. The van der Waals surface area contributed by atoms with Crippen LogP contribution < -0.4 is 19.5 Å². The maximum absolute atomic E-state index is 5.31. The lowest BCUT2D eigenvalue weighted by molar-refractivity contribution is 0.324. The van der Waals surface area contributed by atoms with Crippen molar-refractivity contribution in [1.82, 2.24) is 15.5 Å². The van der Waals surface area contributed by atoms with Gasteiger partial charge in [0.15, 0.2) is 17.3 Å². The Hall–Kier alpha value is -2.28. The number of nitrogens with zero attached hydrogens (tertiary/aromatic N) is 2. The second-order valence-electron chi connectivity index (χ2n) is 4.28. The molecule has 0 spiro atoms. The van der Waals surface area contributed by atoms with Crippen LogP contribution in [0.15, 0.2) is 16.7 Å². The topological polar surface area (TPSA) is 78.6 Å². The number of hydrogen-bond acceptors (Lipinski definition) is 7. The third kappa shape index (κ3) is 3.25. The highest BCUT2D eigenvalue weighted by Crippen LogP contribution is 2.40. The van der Waals surface area contributed by atoms with Crippen LogP contribution in [0.2, 0.25) is 0 Å². The van der Waals surface area contributed by atoms with E-state index in [0.29, 0.717) is 40.9 Å². The molecule has 1 aromatic heterocycles. The fourth-order valence-electron chi connectivity index (χ4n) is 1.91. The molecule has 2 aromatic rings. The minimum absolute atomic E-state index is 0.417. The van der Waals surface area contributed by atoms with Crippen LogP contribution in [0.5, 0.6) is 17.2 Å². The first-order chi connectivity index (χ1) is 10.2. The van der Waals surface area contributed by atoms with Crippen molar-refractivity contribution in [2.75, 3.05) is 34.9 Å². The van der Waals surface area contributed by atoms with Gasteiger partial charge in [0.2, 0.25) is 5.75 Å². The fourth-order valence-corrected chi connectivity index (χ4v) is 1.91. The molecule has 0 radical (unpaired) electrons. The van der Waals surface area contributed by atoms with E-state index in [0.717, 1.165) is 6.54 Å². The number of hydrogen-bond donors (Lipinski definition) is 1. The van der Waals surface area contributed by atoms with Gasteiger partial charge in [0.05, 0.1) is 21.3 Å². The van der Waals surface area contributed by atoms with Crippen LogP contribution in [0.3, 0.4) is 0 Å². The Balaban J connectivity index is 2.37. The monoisotopic (exact) mass is 293 g/mol. The zero-order valence-electron chi connectivity index (χ0n) is 12.6. The normalized spacial score (nSPS) is 10.5. The zero-order valence-corrected chi connectivity index (χ0v) is 12.6. The molecule has 0 aliphatic carbocycles. The van der Waals surface area contributed by atoms with Gasteiger partial charge in [-0.3, -0.25) is 0 Å². The number of benzene rings is 1. The average Bonchev–Trinajstić information content (AvgIpc) is 3.00. The predicted octanol–water partition coefficient (Wildman–Crippen LogP) is 1.52. The predicted molar refractivity (Wildman–Crippen MR) is 77.0 cm³/mol. The Labute approximate surface area is 123 Å². The summed E-state index contributed by atoms with van der Waals surface area (Å²) in [6.07, 6.45) is 0.699. The van der Waals surface area contributed by atoms with E-state index in [1.54, 1.807) is 33.5 Å². The van der Waals surface area contributed by atoms with Gasteiger partial charge < -0.3 is 24.1 Å². The largest absolute Gasteiger partial charge is 0.493 e. The molecule has 1 aromatic carbocycles. The lowest BCUT2D eigenvalue weighted by Crippen LogP contribution is -2.11. The molecule has 0 saturated heterocycles. The second-order valence-corrected chi connectivity index (χ2v) is 4.28. The highest BCUT2D eigenvalue weighted by atomic mass is 16.5. The molecular weight excluding hydrogens is 274 g/mol. The summed E-state index contributed by atoms with van der Waals surface area (Å²) in [7, 11) is 6.56. The first-order valence-corrected chi connectivity index (χ1v) is 6.51. The summed E-state index contributed by atoms with van der Waals surface area (Å²) in [5.41, 5.74) is 0.715. The van der Waals surface area contributed by atoms with E-state index in [1.165, 1.54) is 0 Å². The summed E-state index contributed by atoms with van der Waals surface area (Å²) in [5.74, 6) is 2.68. The molecule has 7 heteroatoms. The summed E-state index contributed by atoms with van der Waals surface area (Å²) in [4.78, 5) is 4.35. The van der Waals surface area contributed by atoms with Gasteiger partial charge in [0.1, 0.15) is 0 Å². The van der Waals surface area contributed by atoms with Crippen LogP contribution in [0, 0.1) is 0 Å². The van der Waals surface area contributed by atoms with E-state index in [4.69, 9.17) is 18.7 Å². The van der Waals surface area contributed by atoms with Gasteiger partial charge >= 0.3 is 0 Å². The van der Waals surface area contributed by atoms with Crippen molar-refractivity contribution < 1.29 is 18.7 Å². The van der Waals surface area contributed by atoms with Gasteiger partial charge in [-0.2, -0.15) is 4.98 Å². The van der Waals surface area contributed by atoms with Crippen molar-refractivity contribution in [3.05, 3.63) is 18.0 Å². The molecule has 21 heavy (non-hydrogen) atoms. The fraction of sp³-hybridized carbons (Fsp3) is 0.429. The summed E-state index contributed by atoms with van der Waals surface area (Å²) in [5, 5.41) is 6.98. The third-order valence-electron chi connectivity index (χ3n) is 2.98. The Kier molecular flexibility index (Phi) is 4.99. The molecule has 0 aliphatic rings. The van der Waals surface area contributed by atoms with Crippen LogP contribution in [-0.4, -0.2) is 45.1 Å². The Morgan fingerprint density at radius 2 is 1.76 bits per heavy atom. The Morgan fingerprint density at radius 1 is 1.10 bits per heavy atom. The number of aromatic nitrogens is 2. The lowest BCUT2D eigenvalue weighted by atomic mass is 10.2. The maximum atomic E-state index is 5.31. The molecule has 0 amide bonds. The average molecular weight is 293 g/mol. The second kappa shape index (κ2) is 6.94. The molecule has 1 heterocycles. The molecular formula is C14H19N3O4. The summed E-state index contributed by atoms with van der Waals surface area (Å²) < 4.78 is 21.2. The molecule has 0 bridgehead atoms. The van der Waals surface area contributed by atoms with Crippen molar-refractivity contribution in [3.63, 3.8) is 0 Å². The number of methoxy groups -OCH3 is 3. The Bertz CT molecular complexity index is 573. The molecule has 7 nitrogen and oxygen atoms in total. The molecule has 114 valence electrons. The van der Waals surface area contributed by atoms with Crippen molar-refractivity contribution in [1.29, 1.82) is 0 Å². The van der Waals surface area contributed by atoms with E-state index in [2.05, 4.69) is 15.5 Å². The third-order valence-corrected chi connectivity index (χ3v) is 2.98. The quantitative estimate of drug-likeness (QED) is 0.829. The molecule has 0 saturated carbocycles. The summed E-state index contributed by atoms with van der Waals surface area (Å²) in [6, 6.07) is 3.55. The van der Waals surface area contributed by atoms with Crippen molar-refractivity contribution in [3.8, 4) is 28.7 Å². The minimum Gasteiger partial charge on any atom is -0.493 e. The summed E-state index contributed by atoms with van der Waals surface area (Å²) in [6.45, 7) is 0.786. The van der Waals surface area contributed by atoms with Crippen molar-refractivity contribution in [2.45, 2.75) is 6.42 Å². The van der Waals surface area contributed by atoms with Crippen molar-refractivity contribution in [2.24, 2.45) is 0 Å². The SMILES string of the molecule is CNCCc1noc(-c2cc(OC)c(OC)c(OC)c2)n1. The van der Waals surface area contributed by atoms with Crippen LogP contribution in [0.25, 0.3) is 11.5 Å². The van der Waals surface area contributed by atoms with Gasteiger partial charge in [-0.25, -0.2) is 0 Å².